The number of carbonyl (C=O) groups excluding carboxylic acids is 1. The third-order valence-corrected chi connectivity index (χ3v) is 3.99. The zero-order chi connectivity index (χ0) is 12.4. The highest BCUT2D eigenvalue weighted by Gasteiger charge is 2.36. The Morgan fingerprint density at radius 1 is 1.41 bits per heavy atom. The highest BCUT2D eigenvalue weighted by molar-refractivity contribution is 5.77. The first kappa shape index (κ1) is 12.2. The minimum atomic E-state index is -0.694. The van der Waals surface area contributed by atoms with Crippen LogP contribution in [0.25, 0.3) is 0 Å². The lowest BCUT2D eigenvalue weighted by molar-refractivity contribution is -0.143. The Morgan fingerprint density at radius 3 is 2.53 bits per heavy atom. The van der Waals surface area contributed by atoms with Gasteiger partial charge in [-0.05, 0) is 32.1 Å². The Labute approximate surface area is 101 Å². The summed E-state index contributed by atoms with van der Waals surface area (Å²) in [5.41, 5.74) is 0. The summed E-state index contributed by atoms with van der Waals surface area (Å²) in [6.07, 6.45) is 3.98. The summed E-state index contributed by atoms with van der Waals surface area (Å²) < 4.78 is 0. The average molecular weight is 240 g/mol. The molecule has 2 rings (SSSR count). The maximum absolute atomic E-state index is 11.8. The third kappa shape index (κ3) is 2.53. The molecule has 0 spiro atoms. The molecule has 0 aromatic rings. The van der Waals surface area contributed by atoms with Crippen molar-refractivity contribution in [3.8, 4) is 0 Å². The van der Waals surface area contributed by atoms with E-state index < -0.39 is 5.97 Å². The molecule has 17 heavy (non-hydrogen) atoms. The maximum Gasteiger partial charge on any atom is 0.317 e. The molecule has 1 unspecified atom stereocenters. The van der Waals surface area contributed by atoms with Gasteiger partial charge in [0.2, 0.25) is 0 Å². The number of carbonyl (C=O) groups is 2. The summed E-state index contributed by atoms with van der Waals surface area (Å²) in [7, 11) is 0. The number of nitrogens with zero attached hydrogens (tertiary/aromatic N) is 1. The van der Waals surface area contributed by atoms with Crippen LogP contribution in [0.2, 0.25) is 0 Å². The number of rotatable bonds is 3. The Bertz CT molecular complexity index is 311. The molecular weight excluding hydrogens is 220 g/mol. The molecular formula is C12H20N2O3. The van der Waals surface area contributed by atoms with E-state index in [0.717, 1.165) is 25.8 Å². The third-order valence-electron chi connectivity index (χ3n) is 3.99. The fourth-order valence-corrected chi connectivity index (χ4v) is 2.80. The average Bonchev–Trinajstić information content (AvgIpc) is 2.71. The molecule has 2 N–H and O–H groups in total. The maximum atomic E-state index is 11.8. The minimum Gasteiger partial charge on any atom is -0.481 e. The van der Waals surface area contributed by atoms with Gasteiger partial charge in [-0.3, -0.25) is 4.79 Å². The predicted molar refractivity (Wildman–Crippen MR) is 62.7 cm³/mol. The van der Waals surface area contributed by atoms with Crippen molar-refractivity contribution in [3.05, 3.63) is 0 Å². The van der Waals surface area contributed by atoms with Crippen molar-refractivity contribution in [2.45, 2.75) is 51.1 Å². The van der Waals surface area contributed by atoms with Gasteiger partial charge in [0.05, 0.1) is 5.92 Å². The van der Waals surface area contributed by atoms with Crippen molar-refractivity contribution in [1.82, 2.24) is 10.2 Å². The Hall–Kier alpha value is -1.26. The van der Waals surface area contributed by atoms with Gasteiger partial charge in [0, 0.05) is 18.6 Å². The number of hydrogen-bond donors (Lipinski definition) is 2. The normalized spacial score (nSPS) is 33.6. The molecule has 1 aliphatic carbocycles. The molecule has 5 nitrogen and oxygen atoms in total. The molecule has 0 aromatic heterocycles. The smallest absolute Gasteiger partial charge is 0.317 e. The van der Waals surface area contributed by atoms with Crippen molar-refractivity contribution in [1.29, 1.82) is 0 Å². The molecule has 0 radical (unpaired) electrons. The number of carboxylic acids is 1. The van der Waals surface area contributed by atoms with Crippen LogP contribution < -0.4 is 5.32 Å². The van der Waals surface area contributed by atoms with E-state index in [1.165, 1.54) is 0 Å². The SMILES string of the molecule is CCC1CN(C2CCC(C(=O)O)CC2)C(=O)N1. The molecule has 2 fully saturated rings. The Morgan fingerprint density at radius 2 is 2.06 bits per heavy atom. The van der Waals surface area contributed by atoms with Crippen LogP contribution in [0, 0.1) is 5.92 Å². The van der Waals surface area contributed by atoms with Gasteiger partial charge in [-0.1, -0.05) is 6.92 Å². The fourth-order valence-electron chi connectivity index (χ4n) is 2.80. The largest absolute Gasteiger partial charge is 0.481 e. The van der Waals surface area contributed by atoms with Gasteiger partial charge in [-0.25, -0.2) is 4.79 Å². The number of carboxylic acid groups (broad SMARTS) is 1. The van der Waals surface area contributed by atoms with Gasteiger partial charge in [-0.2, -0.15) is 0 Å². The van der Waals surface area contributed by atoms with Gasteiger partial charge >= 0.3 is 12.0 Å². The topological polar surface area (TPSA) is 69.6 Å². The summed E-state index contributed by atoms with van der Waals surface area (Å²) in [5, 5.41) is 11.9. The highest BCUT2D eigenvalue weighted by atomic mass is 16.4. The van der Waals surface area contributed by atoms with Crippen molar-refractivity contribution in [2.24, 2.45) is 5.92 Å². The first-order chi connectivity index (χ1) is 8.11. The second-order valence-corrected chi connectivity index (χ2v) is 5.05. The van der Waals surface area contributed by atoms with Crippen LogP contribution in [-0.2, 0) is 4.79 Å². The van der Waals surface area contributed by atoms with Gasteiger partial charge in [0.1, 0.15) is 0 Å². The molecule has 1 heterocycles. The second kappa shape index (κ2) is 4.94. The summed E-state index contributed by atoms with van der Waals surface area (Å²) in [5.74, 6) is -0.903. The standard InChI is InChI=1S/C12H20N2O3/c1-2-9-7-14(12(17)13-9)10-5-3-8(4-6-10)11(15)16/h8-10H,2-7H2,1H3,(H,13,17)(H,15,16). The van der Waals surface area contributed by atoms with Crippen LogP contribution in [0.1, 0.15) is 39.0 Å². The molecule has 0 aromatic carbocycles. The molecule has 96 valence electrons. The minimum absolute atomic E-state index is 0.0237. The first-order valence-electron chi connectivity index (χ1n) is 6.41. The van der Waals surface area contributed by atoms with E-state index in [2.05, 4.69) is 12.2 Å². The highest BCUT2D eigenvalue weighted by Crippen LogP contribution is 2.29. The summed E-state index contributed by atoms with van der Waals surface area (Å²) >= 11 is 0. The molecule has 1 saturated carbocycles. The van der Waals surface area contributed by atoms with Crippen molar-refractivity contribution < 1.29 is 14.7 Å². The lowest BCUT2D eigenvalue weighted by atomic mass is 9.85. The molecule has 1 saturated heterocycles. The lowest BCUT2D eigenvalue weighted by Gasteiger charge is -2.32. The van der Waals surface area contributed by atoms with Gasteiger partial charge in [0.15, 0.2) is 0 Å². The van der Waals surface area contributed by atoms with Crippen LogP contribution in [0.5, 0.6) is 0 Å². The van der Waals surface area contributed by atoms with E-state index in [1.807, 2.05) is 4.90 Å². The predicted octanol–water partition coefficient (Wildman–Crippen LogP) is 1.43. The monoisotopic (exact) mass is 240 g/mol. The quantitative estimate of drug-likeness (QED) is 0.784. The van der Waals surface area contributed by atoms with Crippen LogP contribution in [-0.4, -0.2) is 40.6 Å². The van der Waals surface area contributed by atoms with Crippen molar-refractivity contribution in [3.63, 3.8) is 0 Å². The fraction of sp³-hybridized carbons (Fsp3) is 0.833. The van der Waals surface area contributed by atoms with Crippen LogP contribution in [0.4, 0.5) is 4.79 Å². The molecule has 1 atom stereocenters. The summed E-state index contributed by atoms with van der Waals surface area (Å²) in [6, 6.07) is 0.525. The zero-order valence-corrected chi connectivity index (χ0v) is 10.2. The Kier molecular flexibility index (Phi) is 3.54. The van der Waals surface area contributed by atoms with Gasteiger partial charge < -0.3 is 15.3 Å². The summed E-state index contributed by atoms with van der Waals surface area (Å²) in [4.78, 5) is 24.5. The van der Waals surface area contributed by atoms with E-state index in [9.17, 15) is 9.59 Å². The number of urea groups is 1. The number of nitrogens with one attached hydrogen (secondary N) is 1. The first-order valence-corrected chi connectivity index (χ1v) is 6.41. The Balaban J connectivity index is 1.89. The van der Waals surface area contributed by atoms with Crippen molar-refractivity contribution >= 4 is 12.0 Å². The molecule has 0 bridgehead atoms. The van der Waals surface area contributed by atoms with E-state index >= 15 is 0 Å². The molecule has 2 aliphatic rings. The lowest BCUT2D eigenvalue weighted by Crippen LogP contribution is -2.41. The van der Waals surface area contributed by atoms with Crippen LogP contribution in [0.3, 0.4) is 0 Å². The van der Waals surface area contributed by atoms with E-state index in [1.54, 1.807) is 0 Å². The number of hydrogen-bond acceptors (Lipinski definition) is 2. The molecule has 1 aliphatic heterocycles. The van der Waals surface area contributed by atoms with Gasteiger partial charge in [0.25, 0.3) is 0 Å². The molecule has 5 heteroatoms. The van der Waals surface area contributed by atoms with Crippen LogP contribution in [0.15, 0.2) is 0 Å². The van der Waals surface area contributed by atoms with E-state index in [0.29, 0.717) is 12.8 Å². The van der Waals surface area contributed by atoms with E-state index in [4.69, 9.17) is 5.11 Å². The second-order valence-electron chi connectivity index (χ2n) is 5.05. The summed E-state index contributed by atoms with van der Waals surface area (Å²) in [6.45, 7) is 2.84. The van der Waals surface area contributed by atoms with Gasteiger partial charge in [-0.15, -0.1) is 0 Å². The van der Waals surface area contributed by atoms with E-state index in [-0.39, 0.29) is 24.0 Å². The number of aliphatic carboxylic acids is 1. The zero-order valence-electron chi connectivity index (χ0n) is 10.2. The number of amides is 2. The molecule has 2 amide bonds. The van der Waals surface area contributed by atoms with Crippen LogP contribution >= 0.6 is 0 Å². The van der Waals surface area contributed by atoms with Crippen molar-refractivity contribution in [2.75, 3.05) is 6.54 Å².